The SMILES string of the molecule is CCC(N[C@@H](C)c1cccs1)c1ccccc1OC. The van der Waals surface area contributed by atoms with Gasteiger partial charge in [0.05, 0.1) is 7.11 Å². The number of hydrogen-bond donors (Lipinski definition) is 1. The summed E-state index contributed by atoms with van der Waals surface area (Å²) >= 11 is 1.79. The molecule has 1 unspecified atom stereocenters. The average Bonchev–Trinajstić information content (AvgIpc) is 2.98. The lowest BCUT2D eigenvalue weighted by Crippen LogP contribution is -2.24. The van der Waals surface area contributed by atoms with E-state index in [9.17, 15) is 0 Å². The summed E-state index contributed by atoms with van der Waals surface area (Å²) in [6, 6.07) is 13.2. The van der Waals surface area contributed by atoms with Crippen LogP contribution in [0.25, 0.3) is 0 Å². The first kappa shape index (κ1) is 14.1. The number of thiophene rings is 1. The number of rotatable bonds is 6. The van der Waals surface area contributed by atoms with Crippen LogP contribution in [-0.4, -0.2) is 7.11 Å². The van der Waals surface area contributed by atoms with E-state index in [0.717, 1.165) is 12.2 Å². The number of ether oxygens (including phenoxy) is 1. The van der Waals surface area contributed by atoms with Gasteiger partial charge in [0.15, 0.2) is 0 Å². The number of methoxy groups -OCH3 is 1. The van der Waals surface area contributed by atoms with E-state index < -0.39 is 0 Å². The van der Waals surface area contributed by atoms with Crippen molar-refractivity contribution in [3.05, 3.63) is 52.2 Å². The molecule has 1 aromatic carbocycles. The van der Waals surface area contributed by atoms with Gasteiger partial charge in [0, 0.05) is 22.5 Å². The smallest absolute Gasteiger partial charge is 0.123 e. The van der Waals surface area contributed by atoms with E-state index in [1.54, 1.807) is 18.4 Å². The third-order valence-corrected chi connectivity index (χ3v) is 4.40. The monoisotopic (exact) mass is 275 g/mol. The van der Waals surface area contributed by atoms with Crippen LogP contribution in [0.3, 0.4) is 0 Å². The number of benzene rings is 1. The Balaban J connectivity index is 2.16. The zero-order valence-corrected chi connectivity index (χ0v) is 12.5. The molecule has 0 saturated carbocycles. The number of hydrogen-bond acceptors (Lipinski definition) is 3. The summed E-state index contributed by atoms with van der Waals surface area (Å²) < 4.78 is 5.46. The maximum Gasteiger partial charge on any atom is 0.123 e. The lowest BCUT2D eigenvalue weighted by Gasteiger charge is -2.23. The Morgan fingerprint density at radius 2 is 2.00 bits per heavy atom. The van der Waals surface area contributed by atoms with Crippen molar-refractivity contribution in [1.29, 1.82) is 0 Å². The molecule has 0 radical (unpaired) electrons. The molecule has 0 aliphatic rings. The molecule has 0 bridgehead atoms. The highest BCUT2D eigenvalue weighted by molar-refractivity contribution is 7.10. The molecule has 0 aliphatic heterocycles. The second kappa shape index (κ2) is 6.73. The zero-order chi connectivity index (χ0) is 13.7. The van der Waals surface area contributed by atoms with Gasteiger partial charge in [-0.2, -0.15) is 0 Å². The summed E-state index contributed by atoms with van der Waals surface area (Å²) in [7, 11) is 1.73. The lowest BCUT2D eigenvalue weighted by atomic mass is 10.0. The van der Waals surface area contributed by atoms with E-state index in [-0.39, 0.29) is 0 Å². The third kappa shape index (κ3) is 3.37. The van der Waals surface area contributed by atoms with E-state index in [4.69, 9.17) is 4.74 Å². The maximum absolute atomic E-state index is 5.46. The van der Waals surface area contributed by atoms with E-state index in [2.05, 4.69) is 48.8 Å². The van der Waals surface area contributed by atoms with Gasteiger partial charge in [0.1, 0.15) is 5.75 Å². The molecule has 2 atom stereocenters. The fraction of sp³-hybridized carbons (Fsp3) is 0.375. The quantitative estimate of drug-likeness (QED) is 0.834. The summed E-state index contributed by atoms with van der Waals surface area (Å²) in [6.07, 6.45) is 1.04. The minimum absolute atomic E-state index is 0.313. The molecule has 0 spiro atoms. The topological polar surface area (TPSA) is 21.3 Å². The first-order valence-electron chi connectivity index (χ1n) is 6.68. The van der Waals surface area contributed by atoms with Crippen molar-refractivity contribution in [2.75, 3.05) is 7.11 Å². The molecule has 102 valence electrons. The van der Waals surface area contributed by atoms with Crippen LogP contribution < -0.4 is 10.1 Å². The molecule has 0 amide bonds. The van der Waals surface area contributed by atoms with Gasteiger partial charge in [-0.3, -0.25) is 0 Å². The second-order valence-corrected chi connectivity index (χ2v) is 5.59. The largest absolute Gasteiger partial charge is 0.496 e. The zero-order valence-electron chi connectivity index (χ0n) is 11.7. The van der Waals surface area contributed by atoms with Crippen LogP contribution in [0.5, 0.6) is 5.75 Å². The summed E-state index contributed by atoms with van der Waals surface area (Å²) in [4.78, 5) is 1.37. The van der Waals surface area contributed by atoms with Gasteiger partial charge in [0.25, 0.3) is 0 Å². The van der Waals surface area contributed by atoms with Crippen molar-refractivity contribution in [2.45, 2.75) is 32.4 Å². The fourth-order valence-corrected chi connectivity index (χ4v) is 3.05. The minimum atomic E-state index is 0.313. The molecular formula is C16H21NOS. The van der Waals surface area contributed by atoms with Gasteiger partial charge in [-0.15, -0.1) is 11.3 Å². The van der Waals surface area contributed by atoms with E-state index >= 15 is 0 Å². The second-order valence-electron chi connectivity index (χ2n) is 4.61. The van der Waals surface area contributed by atoms with E-state index in [1.165, 1.54) is 10.4 Å². The van der Waals surface area contributed by atoms with E-state index in [1.807, 2.05) is 12.1 Å². The molecule has 0 aliphatic carbocycles. The molecule has 1 N–H and O–H groups in total. The van der Waals surface area contributed by atoms with Gasteiger partial charge in [-0.05, 0) is 30.9 Å². The average molecular weight is 275 g/mol. The van der Waals surface area contributed by atoms with Crippen LogP contribution in [0, 0.1) is 0 Å². The van der Waals surface area contributed by atoms with Crippen molar-refractivity contribution in [1.82, 2.24) is 5.32 Å². The molecule has 0 saturated heterocycles. The van der Waals surface area contributed by atoms with E-state index in [0.29, 0.717) is 12.1 Å². The Morgan fingerprint density at radius 3 is 2.63 bits per heavy atom. The summed E-state index contributed by atoms with van der Waals surface area (Å²) in [5.41, 5.74) is 1.23. The van der Waals surface area contributed by atoms with Crippen LogP contribution in [0.1, 0.15) is 42.8 Å². The Bertz CT molecular complexity index is 495. The molecule has 2 rings (SSSR count). The minimum Gasteiger partial charge on any atom is -0.496 e. The molecule has 19 heavy (non-hydrogen) atoms. The summed E-state index contributed by atoms with van der Waals surface area (Å²) in [6.45, 7) is 4.41. The van der Waals surface area contributed by atoms with Crippen molar-refractivity contribution in [3.8, 4) is 5.75 Å². The predicted molar refractivity (Wildman–Crippen MR) is 81.9 cm³/mol. The number of para-hydroxylation sites is 1. The van der Waals surface area contributed by atoms with Crippen LogP contribution in [0.4, 0.5) is 0 Å². The first-order chi connectivity index (χ1) is 9.26. The Morgan fingerprint density at radius 1 is 1.21 bits per heavy atom. The molecule has 2 aromatic rings. The third-order valence-electron chi connectivity index (χ3n) is 3.34. The molecule has 1 heterocycles. The highest BCUT2D eigenvalue weighted by atomic mass is 32.1. The first-order valence-corrected chi connectivity index (χ1v) is 7.56. The van der Waals surface area contributed by atoms with Gasteiger partial charge in [-0.25, -0.2) is 0 Å². The molecule has 0 fully saturated rings. The Hall–Kier alpha value is -1.32. The fourth-order valence-electron chi connectivity index (χ4n) is 2.30. The molecular weight excluding hydrogens is 254 g/mol. The Labute approximate surface area is 119 Å². The van der Waals surface area contributed by atoms with Crippen molar-refractivity contribution >= 4 is 11.3 Å². The van der Waals surface area contributed by atoms with Gasteiger partial charge < -0.3 is 10.1 Å². The van der Waals surface area contributed by atoms with Crippen molar-refractivity contribution in [2.24, 2.45) is 0 Å². The van der Waals surface area contributed by atoms with Gasteiger partial charge >= 0.3 is 0 Å². The number of nitrogens with one attached hydrogen (secondary N) is 1. The molecule has 2 nitrogen and oxygen atoms in total. The Kier molecular flexibility index (Phi) is 5.00. The molecule has 1 aromatic heterocycles. The summed E-state index contributed by atoms with van der Waals surface area (Å²) in [5.74, 6) is 0.959. The van der Waals surface area contributed by atoms with Crippen LogP contribution in [-0.2, 0) is 0 Å². The standard InChI is InChI=1S/C16H21NOS/c1-4-14(13-8-5-6-9-15(13)18-3)17-12(2)16-10-7-11-19-16/h5-12,14,17H,4H2,1-3H3/t12-,14?/m0/s1. The lowest BCUT2D eigenvalue weighted by molar-refractivity contribution is 0.389. The highest BCUT2D eigenvalue weighted by Gasteiger charge is 2.17. The maximum atomic E-state index is 5.46. The van der Waals surface area contributed by atoms with Crippen LogP contribution in [0.2, 0.25) is 0 Å². The predicted octanol–water partition coefficient (Wildman–Crippen LogP) is 4.56. The van der Waals surface area contributed by atoms with Crippen LogP contribution >= 0.6 is 11.3 Å². The van der Waals surface area contributed by atoms with Crippen molar-refractivity contribution in [3.63, 3.8) is 0 Å². The highest BCUT2D eigenvalue weighted by Crippen LogP contribution is 2.30. The summed E-state index contributed by atoms with van der Waals surface area (Å²) in [5, 5.41) is 5.81. The molecule has 3 heteroatoms. The van der Waals surface area contributed by atoms with Crippen molar-refractivity contribution < 1.29 is 4.74 Å². The normalized spacial score (nSPS) is 14.1. The van der Waals surface area contributed by atoms with Gasteiger partial charge in [-0.1, -0.05) is 31.2 Å². The van der Waals surface area contributed by atoms with Gasteiger partial charge in [0.2, 0.25) is 0 Å². The van der Waals surface area contributed by atoms with Crippen LogP contribution in [0.15, 0.2) is 41.8 Å².